The van der Waals surface area contributed by atoms with E-state index in [0.29, 0.717) is 0 Å². The maximum Gasteiger partial charge on any atom is 0.338 e. The van der Waals surface area contributed by atoms with E-state index >= 15 is 0 Å². The summed E-state index contributed by atoms with van der Waals surface area (Å²) in [5.41, 5.74) is -0.195. The lowest BCUT2D eigenvalue weighted by Gasteiger charge is -2.24. The lowest BCUT2D eigenvalue weighted by molar-refractivity contribution is -0.125. The summed E-state index contributed by atoms with van der Waals surface area (Å²) in [5.74, 6) is -1.08. The molecule has 0 aliphatic rings. The molecule has 1 aromatic carbocycles. The average molecular weight is 356 g/mol. The number of hydrogen-bond acceptors (Lipinski definition) is 5. The number of rotatable bonds is 8. The molecule has 0 bridgehead atoms. The molecule has 0 saturated heterocycles. The summed E-state index contributed by atoms with van der Waals surface area (Å²) < 4.78 is 30.9. The maximum atomic E-state index is 11.9. The number of esters is 1. The van der Waals surface area contributed by atoms with Crippen LogP contribution in [0, 0.1) is 0 Å². The predicted octanol–water partition coefficient (Wildman–Crippen LogP) is 1.45. The highest BCUT2D eigenvalue weighted by molar-refractivity contribution is 7.89. The van der Waals surface area contributed by atoms with Crippen LogP contribution >= 0.6 is 0 Å². The first-order chi connectivity index (χ1) is 11.1. The van der Waals surface area contributed by atoms with E-state index < -0.39 is 16.0 Å². The zero-order valence-corrected chi connectivity index (χ0v) is 15.2. The number of amides is 1. The molecule has 0 atom stereocenters. The van der Waals surface area contributed by atoms with Crippen molar-refractivity contribution < 1.29 is 22.7 Å². The number of benzene rings is 1. The van der Waals surface area contributed by atoms with E-state index in [1.165, 1.54) is 24.3 Å². The van der Waals surface area contributed by atoms with Crippen molar-refractivity contribution in [3.05, 3.63) is 29.8 Å². The van der Waals surface area contributed by atoms with Crippen LogP contribution in [0.3, 0.4) is 0 Å². The van der Waals surface area contributed by atoms with Gasteiger partial charge in [-0.25, -0.2) is 17.9 Å². The minimum absolute atomic E-state index is 0.0586. The molecule has 0 aliphatic carbocycles. The highest BCUT2D eigenvalue weighted by Crippen LogP contribution is 2.11. The molecule has 24 heavy (non-hydrogen) atoms. The van der Waals surface area contributed by atoms with Gasteiger partial charge in [0, 0.05) is 12.1 Å². The monoisotopic (exact) mass is 356 g/mol. The standard InChI is InChI=1S/C16H24N2O5S/c1-5-16(3,4)18-14(19)11-23-15(20)12-7-9-13(10-8-12)24(21,22)17-6-2/h7-10,17H,5-6,11H2,1-4H3,(H,18,19). The first kappa shape index (κ1) is 20.1. The lowest BCUT2D eigenvalue weighted by atomic mass is 10.0. The van der Waals surface area contributed by atoms with E-state index in [1.54, 1.807) is 6.92 Å². The van der Waals surface area contributed by atoms with Crippen LogP contribution in [0.25, 0.3) is 0 Å². The van der Waals surface area contributed by atoms with Gasteiger partial charge in [-0.15, -0.1) is 0 Å². The normalized spacial score (nSPS) is 11.8. The van der Waals surface area contributed by atoms with Gasteiger partial charge in [0.1, 0.15) is 0 Å². The first-order valence-electron chi connectivity index (χ1n) is 7.69. The van der Waals surface area contributed by atoms with E-state index in [4.69, 9.17) is 4.74 Å². The van der Waals surface area contributed by atoms with E-state index in [0.717, 1.165) is 6.42 Å². The molecule has 0 radical (unpaired) electrons. The van der Waals surface area contributed by atoms with Crippen LogP contribution in [0.5, 0.6) is 0 Å². The van der Waals surface area contributed by atoms with Crippen LogP contribution in [0.15, 0.2) is 29.2 Å². The van der Waals surface area contributed by atoms with E-state index in [1.807, 2.05) is 20.8 Å². The highest BCUT2D eigenvalue weighted by Gasteiger charge is 2.19. The van der Waals surface area contributed by atoms with Gasteiger partial charge in [-0.1, -0.05) is 13.8 Å². The smallest absolute Gasteiger partial charge is 0.338 e. The van der Waals surface area contributed by atoms with E-state index in [9.17, 15) is 18.0 Å². The summed E-state index contributed by atoms with van der Waals surface area (Å²) in [6, 6.07) is 5.32. The molecule has 1 aromatic rings. The SMILES string of the molecule is CCNS(=O)(=O)c1ccc(C(=O)OCC(=O)NC(C)(C)CC)cc1. The van der Waals surface area contributed by atoms with Crippen LogP contribution < -0.4 is 10.0 Å². The lowest BCUT2D eigenvalue weighted by Crippen LogP contribution is -2.44. The van der Waals surface area contributed by atoms with Gasteiger partial charge in [-0.05, 0) is 44.5 Å². The van der Waals surface area contributed by atoms with Crippen molar-refractivity contribution in [1.29, 1.82) is 0 Å². The molecule has 0 unspecified atom stereocenters. The molecule has 0 saturated carbocycles. The van der Waals surface area contributed by atoms with Gasteiger partial charge in [0.2, 0.25) is 10.0 Å². The van der Waals surface area contributed by atoms with Crippen LogP contribution in [0.2, 0.25) is 0 Å². The Kier molecular flexibility index (Phi) is 6.92. The summed E-state index contributed by atoms with van der Waals surface area (Å²) in [5, 5.41) is 2.75. The Labute approximate surface area is 142 Å². The van der Waals surface area contributed by atoms with Gasteiger partial charge in [0.25, 0.3) is 5.91 Å². The molecule has 0 spiro atoms. The molecule has 134 valence electrons. The van der Waals surface area contributed by atoms with Crippen LogP contribution in [0.1, 0.15) is 44.5 Å². The summed E-state index contributed by atoms with van der Waals surface area (Å²) >= 11 is 0. The average Bonchev–Trinajstić information content (AvgIpc) is 2.52. The Morgan fingerprint density at radius 3 is 2.21 bits per heavy atom. The van der Waals surface area contributed by atoms with Crippen molar-refractivity contribution in [1.82, 2.24) is 10.0 Å². The first-order valence-corrected chi connectivity index (χ1v) is 9.17. The molecule has 0 fully saturated rings. The molecule has 1 amide bonds. The Bertz CT molecular complexity index is 681. The van der Waals surface area contributed by atoms with Crippen LogP contribution in [0.4, 0.5) is 0 Å². The number of nitrogens with one attached hydrogen (secondary N) is 2. The fourth-order valence-electron chi connectivity index (χ4n) is 1.76. The number of ether oxygens (including phenoxy) is 1. The third-order valence-corrected chi connectivity index (χ3v) is 4.99. The molecule has 0 heterocycles. The molecular weight excluding hydrogens is 332 g/mol. The van der Waals surface area contributed by atoms with Crippen LogP contribution in [-0.4, -0.2) is 39.0 Å². The number of carbonyl (C=O) groups is 2. The van der Waals surface area contributed by atoms with Gasteiger partial charge in [0.05, 0.1) is 10.5 Å². The minimum Gasteiger partial charge on any atom is -0.452 e. The zero-order chi connectivity index (χ0) is 18.4. The molecule has 1 rings (SSSR count). The van der Waals surface area contributed by atoms with Gasteiger partial charge in [-0.2, -0.15) is 0 Å². The van der Waals surface area contributed by atoms with Crippen molar-refractivity contribution >= 4 is 21.9 Å². The highest BCUT2D eigenvalue weighted by atomic mass is 32.2. The summed E-state index contributed by atoms with van der Waals surface area (Å²) in [6.07, 6.45) is 0.744. The predicted molar refractivity (Wildman–Crippen MR) is 90.1 cm³/mol. The molecule has 0 aliphatic heterocycles. The van der Waals surface area contributed by atoms with Crippen LogP contribution in [-0.2, 0) is 19.6 Å². The largest absolute Gasteiger partial charge is 0.452 e. The van der Waals surface area contributed by atoms with Crippen molar-refractivity contribution in [2.24, 2.45) is 0 Å². The number of hydrogen-bond donors (Lipinski definition) is 2. The quantitative estimate of drug-likeness (QED) is 0.687. The molecule has 8 heteroatoms. The fourth-order valence-corrected chi connectivity index (χ4v) is 2.80. The second-order valence-corrected chi connectivity index (χ2v) is 7.65. The van der Waals surface area contributed by atoms with E-state index in [-0.39, 0.29) is 35.1 Å². The summed E-state index contributed by atoms with van der Waals surface area (Å²) in [6.45, 7) is 7.24. The number of sulfonamides is 1. The third kappa shape index (κ3) is 5.93. The van der Waals surface area contributed by atoms with Crippen molar-refractivity contribution in [3.8, 4) is 0 Å². The second kappa shape index (κ2) is 8.25. The van der Waals surface area contributed by atoms with Crippen molar-refractivity contribution in [2.45, 2.75) is 44.6 Å². The molecular formula is C16H24N2O5S. The summed E-state index contributed by atoms with van der Waals surface area (Å²) in [4.78, 5) is 23.7. The molecule has 2 N–H and O–H groups in total. The maximum absolute atomic E-state index is 11.9. The topological polar surface area (TPSA) is 102 Å². The van der Waals surface area contributed by atoms with Gasteiger partial charge in [-0.3, -0.25) is 4.79 Å². The fraction of sp³-hybridized carbons (Fsp3) is 0.500. The van der Waals surface area contributed by atoms with Crippen molar-refractivity contribution in [2.75, 3.05) is 13.2 Å². The zero-order valence-electron chi connectivity index (χ0n) is 14.4. The van der Waals surface area contributed by atoms with Crippen molar-refractivity contribution in [3.63, 3.8) is 0 Å². The Morgan fingerprint density at radius 2 is 1.71 bits per heavy atom. The minimum atomic E-state index is -3.57. The Balaban J connectivity index is 2.65. The Morgan fingerprint density at radius 1 is 1.12 bits per heavy atom. The van der Waals surface area contributed by atoms with Gasteiger partial charge in [0.15, 0.2) is 6.61 Å². The molecule has 0 aromatic heterocycles. The van der Waals surface area contributed by atoms with Gasteiger partial charge < -0.3 is 10.1 Å². The molecule has 7 nitrogen and oxygen atoms in total. The second-order valence-electron chi connectivity index (χ2n) is 5.89. The van der Waals surface area contributed by atoms with Gasteiger partial charge >= 0.3 is 5.97 Å². The third-order valence-electron chi connectivity index (χ3n) is 3.43. The Hall–Kier alpha value is -1.93. The summed E-state index contributed by atoms with van der Waals surface area (Å²) in [7, 11) is -3.57. The van der Waals surface area contributed by atoms with E-state index in [2.05, 4.69) is 10.0 Å². The number of carbonyl (C=O) groups excluding carboxylic acids is 2.